The van der Waals surface area contributed by atoms with Crippen molar-refractivity contribution in [3.63, 3.8) is 0 Å². The lowest BCUT2D eigenvalue weighted by molar-refractivity contribution is 0.136. The normalized spacial score (nSPS) is 16.0. The molecule has 1 saturated heterocycles. The Morgan fingerprint density at radius 2 is 2.00 bits per heavy atom. The average molecular weight is 344 g/mol. The van der Waals surface area contributed by atoms with Crippen molar-refractivity contribution < 1.29 is 4.79 Å². The summed E-state index contributed by atoms with van der Waals surface area (Å²) < 4.78 is 0.844. The lowest BCUT2D eigenvalue weighted by Crippen LogP contribution is -2.51. The number of urea groups is 1. The first kappa shape index (κ1) is 17.6. The third-order valence-electron chi connectivity index (χ3n) is 3.97. The minimum atomic E-state index is 0.0929. The van der Waals surface area contributed by atoms with Gasteiger partial charge in [0.1, 0.15) is 0 Å². The number of rotatable bonds is 7. The summed E-state index contributed by atoms with van der Waals surface area (Å²) in [5, 5.41) is 3.03. The number of carbonyl (C=O) groups excluding carboxylic acids is 1. The lowest BCUT2D eigenvalue weighted by Gasteiger charge is -2.34. The molecule has 1 aliphatic heterocycles. The van der Waals surface area contributed by atoms with E-state index in [9.17, 15) is 4.79 Å². The molecule has 2 amide bonds. The number of amides is 2. The Kier molecular flexibility index (Phi) is 7.49. The number of halogens is 1. The van der Waals surface area contributed by atoms with E-state index in [2.05, 4.69) is 23.2 Å². The highest BCUT2D eigenvalue weighted by Gasteiger charge is 2.21. The maximum absolute atomic E-state index is 12.1. The Bertz CT molecular complexity index is 458. The quantitative estimate of drug-likeness (QED) is 0.764. The van der Waals surface area contributed by atoms with Gasteiger partial charge in [-0.1, -0.05) is 37.8 Å². The van der Waals surface area contributed by atoms with Gasteiger partial charge in [0.05, 0.1) is 4.34 Å². The fraction of sp³-hybridized carbons (Fsp3) is 0.688. The van der Waals surface area contributed by atoms with Crippen LogP contribution < -0.4 is 5.32 Å². The summed E-state index contributed by atoms with van der Waals surface area (Å²) in [4.78, 5) is 17.7. The van der Waals surface area contributed by atoms with Gasteiger partial charge in [-0.05, 0) is 18.6 Å². The Labute approximate surface area is 142 Å². The third kappa shape index (κ3) is 5.78. The maximum Gasteiger partial charge on any atom is 0.317 e. The molecule has 2 rings (SSSR count). The van der Waals surface area contributed by atoms with Gasteiger partial charge >= 0.3 is 6.03 Å². The van der Waals surface area contributed by atoms with E-state index >= 15 is 0 Å². The van der Waals surface area contributed by atoms with Crippen LogP contribution in [0.15, 0.2) is 12.1 Å². The molecule has 124 valence electrons. The van der Waals surface area contributed by atoms with Crippen molar-refractivity contribution in [2.45, 2.75) is 39.2 Å². The number of hydrogen-bond donors (Lipinski definition) is 1. The molecule has 0 unspecified atom stereocenters. The van der Waals surface area contributed by atoms with Gasteiger partial charge in [0, 0.05) is 44.1 Å². The highest BCUT2D eigenvalue weighted by atomic mass is 35.5. The molecule has 1 fully saturated rings. The van der Waals surface area contributed by atoms with Crippen LogP contribution in [0.1, 0.15) is 37.5 Å². The molecular weight excluding hydrogens is 318 g/mol. The molecule has 4 nitrogen and oxygen atoms in total. The molecule has 0 aromatic carbocycles. The number of unbranched alkanes of at least 4 members (excludes halogenated alkanes) is 3. The molecule has 6 heteroatoms. The molecule has 1 N–H and O–H groups in total. The number of nitrogens with zero attached hydrogens (tertiary/aromatic N) is 2. The molecule has 1 aromatic heterocycles. The van der Waals surface area contributed by atoms with Gasteiger partial charge in [-0.3, -0.25) is 4.90 Å². The van der Waals surface area contributed by atoms with Crippen molar-refractivity contribution in [2.75, 3.05) is 32.7 Å². The first-order valence-corrected chi connectivity index (χ1v) is 9.38. The van der Waals surface area contributed by atoms with Gasteiger partial charge in [-0.15, -0.1) is 11.3 Å². The van der Waals surface area contributed by atoms with E-state index < -0.39 is 0 Å². The Balaban J connectivity index is 1.62. The zero-order valence-corrected chi connectivity index (χ0v) is 14.9. The van der Waals surface area contributed by atoms with E-state index in [0.717, 1.165) is 50.0 Å². The van der Waals surface area contributed by atoms with Crippen LogP contribution in [-0.4, -0.2) is 48.6 Å². The fourth-order valence-corrected chi connectivity index (χ4v) is 3.76. The van der Waals surface area contributed by atoms with Crippen LogP contribution in [0.5, 0.6) is 0 Å². The second kappa shape index (κ2) is 9.38. The number of hydrogen-bond acceptors (Lipinski definition) is 3. The number of nitrogens with one attached hydrogen (secondary N) is 1. The van der Waals surface area contributed by atoms with Crippen molar-refractivity contribution in [3.05, 3.63) is 21.3 Å². The SMILES string of the molecule is CCCCCCNC(=O)N1CCN(Cc2ccc(Cl)s2)CC1. The van der Waals surface area contributed by atoms with E-state index in [1.165, 1.54) is 24.1 Å². The number of thiophene rings is 1. The van der Waals surface area contributed by atoms with Gasteiger partial charge in [-0.2, -0.15) is 0 Å². The molecule has 2 heterocycles. The highest BCUT2D eigenvalue weighted by molar-refractivity contribution is 7.16. The van der Waals surface area contributed by atoms with Crippen molar-refractivity contribution in [1.29, 1.82) is 0 Å². The fourth-order valence-electron chi connectivity index (χ4n) is 2.63. The van der Waals surface area contributed by atoms with E-state index in [4.69, 9.17) is 11.6 Å². The second-order valence-electron chi connectivity index (χ2n) is 5.76. The standard InChI is InChI=1S/C16H26ClN3OS/c1-2-3-4-5-8-18-16(21)20-11-9-19(10-12-20)13-14-6-7-15(17)22-14/h6-7H,2-5,8-13H2,1H3,(H,18,21). The lowest BCUT2D eigenvalue weighted by atomic mass is 10.2. The summed E-state index contributed by atoms with van der Waals surface area (Å²) >= 11 is 7.60. The van der Waals surface area contributed by atoms with E-state index in [-0.39, 0.29) is 6.03 Å². The average Bonchev–Trinajstić information content (AvgIpc) is 2.93. The van der Waals surface area contributed by atoms with Crippen molar-refractivity contribution in [3.8, 4) is 0 Å². The van der Waals surface area contributed by atoms with Crippen LogP contribution in [0.2, 0.25) is 4.34 Å². The van der Waals surface area contributed by atoms with Crippen LogP contribution in [0.25, 0.3) is 0 Å². The Morgan fingerprint density at radius 3 is 2.64 bits per heavy atom. The van der Waals surface area contributed by atoms with Crippen LogP contribution in [-0.2, 0) is 6.54 Å². The molecule has 22 heavy (non-hydrogen) atoms. The zero-order chi connectivity index (χ0) is 15.8. The summed E-state index contributed by atoms with van der Waals surface area (Å²) in [6, 6.07) is 4.13. The first-order valence-electron chi connectivity index (χ1n) is 8.18. The summed E-state index contributed by atoms with van der Waals surface area (Å²) in [5.74, 6) is 0. The summed E-state index contributed by atoms with van der Waals surface area (Å²) in [6.07, 6.45) is 4.76. The topological polar surface area (TPSA) is 35.6 Å². The van der Waals surface area contributed by atoms with Gasteiger partial charge < -0.3 is 10.2 Å². The smallest absolute Gasteiger partial charge is 0.317 e. The largest absolute Gasteiger partial charge is 0.338 e. The molecular formula is C16H26ClN3OS. The van der Waals surface area contributed by atoms with E-state index in [0.29, 0.717) is 0 Å². The van der Waals surface area contributed by atoms with Crippen LogP contribution in [0.4, 0.5) is 4.79 Å². The first-order chi connectivity index (χ1) is 10.7. The predicted molar refractivity (Wildman–Crippen MR) is 93.7 cm³/mol. The minimum absolute atomic E-state index is 0.0929. The van der Waals surface area contributed by atoms with Gasteiger partial charge in [0.2, 0.25) is 0 Å². The molecule has 0 atom stereocenters. The summed E-state index contributed by atoms with van der Waals surface area (Å²) in [5.41, 5.74) is 0. The number of piperazine rings is 1. The maximum atomic E-state index is 12.1. The van der Waals surface area contributed by atoms with E-state index in [1.54, 1.807) is 11.3 Å². The molecule has 1 aromatic rings. The highest BCUT2D eigenvalue weighted by Crippen LogP contribution is 2.23. The third-order valence-corrected chi connectivity index (χ3v) is 5.19. The van der Waals surface area contributed by atoms with Gasteiger partial charge in [-0.25, -0.2) is 4.79 Å². The van der Waals surface area contributed by atoms with Gasteiger partial charge in [0.15, 0.2) is 0 Å². The monoisotopic (exact) mass is 343 g/mol. The molecule has 0 spiro atoms. The molecule has 0 bridgehead atoms. The van der Waals surface area contributed by atoms with Crippen LogP contribution in [0.3, 0.4) is 0 Å². The van der Waals surface area contributed by atoms with E-state index in [1.807, 2.05) is 11.0 Å². The molecule has 0 aliphatic carbocycles. The second-order valence-corrected chi connectivity index (χ2v) is 7.56. The predicted octanol–water partition coefficient (Wildman–Crippen LogP) is 3.81. The molecule has 0 saturated carbocycles. The minimum Gasteiger partial charge on any atom is -0.338 e. The molecule has 0 radical (unpaired) electrons. The Hall–Kier alpha value is -0.780. The van der Waals surface area contributed by atoms with Crippen LogP contribution >= 0.6 is 22.9 Å². The summed E-state index contributed by atoms with van der Waals surface area (Å²) in [7, 11) is 0. The van der Waals surface area contributed by atoms with Crippen molar-refractivity contribution >= 4 is 29.0 Å². The summed E-state index contributed by atoms with van der Waals surface area (Å²) in [6.45, 7) is 7.40. The number of carbonyl (C=O) groups is 1. The van der Waals surface area contributed by atoms with Crippen molar-refractivity contribution in [1.82, 2.24) is 15.1 Å². The van der Waals surface area contributed by atoms with Crippen molar-refractivity contribution in [2.24, 2.45) is 0 Å². The van der Waals surface area contributed by atoms with Crippen LogP contribution in [0, 0.1) is 0 Å². The molecule has 1 aliphatic rings. The zero-order valence-electron chi connectivity index (χ0n) is 13.3. The van der Waals surface area contributed by atoms with Gasteiger partial charge in [0.25, 0.3) is 0 Å². The Morgan fingerprint density at radius 1 is 1.23 bits per heavy atom.